The third kappa shape index (κ3) is 4.57. The zero-order valence-electron chi connectivity index (χ0n) is 17.6. The molecule has 0 spiro atoms. The number of amides is 1. The van der Waals surface area contributed by atoms with Gasteiger partial charge in [-0.3, -0.25) is 4.98 Å². The lowest BCUT2D eigenvalue weighted by Crippen LogP contribution is -2.66. The fraction of sp³-hybridized carbons (Fsp3) is 0.455. The molecule has 1 aromatic carbocycles. The van der Waals surface area contributed by atoms with Gasteiger partial charge in [-0.05, 0) is 60.5 Å². The number of hydrogen-bond acceptors (Lipinski definition) is 4. The van der Waals surface area contributed by atoms with Crippen molar-refractivity contribution < 1.29 is 27.8 Å². The van der Waals surface area contributed by atoms with Crippen LogP contribution in [0.2, 0.25) is 0 Å². The van der Waals surface area contributed by atoms with Crippen molar-refractivity contribution in [3.8, 4) is 0 Å². The number of carbonyl (C=O) groups excluding carboxylic acids is 1. The molecule has 1 fully saturated rings. The number of aliphatic hydroxyl groups is 1. The summed E-state index contributed by atoms with van der Waals surface area (Å²) in [7, 11) is 0. The number of benzene rings is 1. The Morgan fingerprint density at radius 2 is 1.65 bits per heavy atom. The Kier molecular flexibility index (Phi) is 5.90. The Morgan fingerprint density at radius 1 is 1.10 bits per heavy atom. The van der Waals surface area contributed by atoms with E-state index < -0.39 is 34.5 Å². The maximum absolute atomic E-state index is 13.0. The number of carbonyl (C=O) groups is 1. The SMILES string of the molecule is CC(C)(C)OC(=O)N1CC(C)(C(O)(c2ccc(C(F)(F)F)cc2)c2cncc(Br)c2)C1. The van der Waals surface area contributed by atoms with E-state index in [1.807, 2.05) is 0 Å². The van der Waals surface area contributed by atoms with Gasteiger partial charge in [0.15, 0.2) is 0 Å². The molecule has 1 N–H and O–H groups in total. The molecule has 1 atom stereocenters. The zero-order chi connectivity index (χ0) is 23.2. The summed E-state index contributed by atoms with van der Waals surface area (Å²) < 4.78 is 45.1. The van der Waals surface area contributed by atoms with Crippen molar-refractivity contribution in [2.75, 3.05) is 13.1 Å². The van der Waals surface area contributed by atoms with Crippen LogP contribution in [-0.2, 0) is 16.5 Å². The first-order chi connectivity index (χ1) is 14.2. The van der Waals surface area contributed by atoms with E-state index >= 15 is 0 Å². The molecule has 1 aliphatic rings. The molecule has 3 rings (SSSR count). The van der Waals surface area contributed by atoms with E-state index in [0.717, 1.165) is 12.1 Å². The molecule has 168 valence electrons. The van der Waals surface area contributed by atoms with Gasteiger partial charge in [-0.25, -0.2) is 4.79 Å². The first-order valence-corrected chi connectivity index (χ1v) is 10.4. The molecule has 1 unspecified atom stereocenters. The van der Waals surface area contributed by atoms with Crippen LogP contribution in [0.4, 0.5) is 18.0 Å². The number of halogens is 4. The van der Waals surface area contributed by atoms with Crippen molar-refractivity contribution in [2.24, 2.45) is 5.41 Å². The van der Waals surface area contributed by atoms with E-state index in [4.69, 9.17) is 4.74 Å². The summed E-state index contributed by atoms with van der Waals surface area (Å²) in [5.74, 6) is 0. The van der Waals surface area contributed by atoms with Crippen molar-refractivity contribution in [2.45, 2.75) is 45.1 Å². The molecule has 0 bridgehead atoms. The molecule has 1 aromatic heterocycles. The lowest BCUT2D eigenvalue weighted by molar-refractivity contribution is -0.138. The summed E-state index contributed by atoms with van der Waals surface area (Å²) in [5.41, 5.74) is -3.35. The van der Waals surface area contributed by atoms with E-state index in [-0.39, 0.29) is 18.7 Å². The van der Waals surface area contributed by atoms with Gasteiger partial charge >= 0.3 is 12.3 Å². The summed E-state index contributed by atoms with van der Waals surface area (Å²) in [6, 6.07) is 6.10. The quantitative estimate of drug-likeness (QED) is 0.616. The van der Waals surface area contributed by atoms with Gasteiger partial charge < -0.3 is 14.7 Å². The molecule has 0 radical (unpaired) electrons. The van der Waals surface area contributed by atoms with Crippen LogP contribution in [0.5, 0.6) is 0 Å². The lowest BCUT2D eigenvalue weighted by Gasteiger charge is -2.56. The third-order valence-electron chi connectivity index (χ3n) is 5.36. The summed E-state index contributed by atoms with van der Waals surface area (Å²) in [6.45, 7) is 7.38. The molecule has 1 aliphatic heterocycles. The molecule has 2 aromatic rings. The summed E-state index contributed by atoms with van der Waals surface area (Å²) in [6.07, 6.45) is -1.97. The van der Waals surface area contributed by atoms with E-state index in [1.165, 1.54) is 23.2 Å². The van der Waals surface area contributed by atoms with Crippen molar-refractivity contribution in [3.63, 3.8) is 0 Å². The average Bonchev–Trinajstić information content (AvgIpc) is 2.62. The molecule has 2 heterocycles. The summed E-state index contributed by atoms with van der Waals surface area (Å²) in [4.78, 5) is 18.0. The van der Waals surface area contributed by atoms with Crippen molar-refractivity contribution >= 4 is 22.0 Å². The maximum atomic E-state index is 13.0. The minimum absolute atomic E-state index is 0.159. The van der Waals surface area contributed by atoms with Crippen LogP contribution in [-0.4, -0.2) is 39.8 Å². The third-order valence-corrected chi connectivity index (χ3v) is 5.79. The zero-order valence-corrected chi connectivity index (χ0v) is 19.2. The van der Waals surface area contributed by atoms with Gasteiger partial charge in [-0.1, -0.05) is 19.1 Å². The molecule has 5 nitrogen and oxygen atoms in total. The van der Waals surface area contributed by atoms with Crippen LogP contribution in [0.1, 0.15) is 44.4 Å². The van der Waals surface area contributed by atoms with Crippen LogP contribution in [0.3, 0.4) is 0 Å². The second kappa shape index (κ2) is 7.78. The summed E-state index contributed by atoms with van der Waals surface area (Å²) >= 11 is 3.33. The van der Waals surface area contributed by atoms with Crippen LogP contribution >= 0.6 is 15.9 Å². The highest BCUT2D eigenvalue weighted by Gasteiger charge is 2.58. The molecular formula is C22H24BrF3N2O3. The Bertz CT molecular complexity index is 967. The number of pyridine rings is 1. The molecule has 0 aliphatic carbocycles. The molecule has 1 saturated heterocycles. The van der Waals surface area contributed by atoms with E-state index in [1.54, 1.807) is 40.0 Å². The number of rotatable bonds is 3. The molecule has 9 heteroatoms. The smallest absolute Gasteiger partial charge is 0.416 e. The van der Waals surface area contributed by atoms with Crippen molar-refractivity contribution in [3.05, 3.63) is 63.9 Å². The van der Waals surface area contributed by atoms with Crippen LogP contribution in [0.15, 0.2) is 47.2 Å². The number of alkyl halides is 3. The first-order valence-electron chi connectivity index (χ1n) is 9.65. The normalized spacial score (nSPS) is 18.2. The Hall–Kier alpha value is -2.13. The molecule has 1 amide bonds. The number of likely N-dealkylation sites (tertiary alicyclic amines) is 1. The maximum Gasteiger partial charge on any atom is 0.416 e. The fourth-order valence-electron chi connectivity index (χ4n) is 3.85. The highest BCUT2D eigenvalue weighted by Crippen LogP contribution is 2.51. The van der Waals surface area contributed by atoms with Gasteiger partial charge in [0.1, 0.15) is 11.2 Å². The van der Waals surface area contributed by atoms with Crippen molar-refractivity contribution in [1.29, 1.82) is 0 Å². The second-order valence-electron chi connectivity index (χ2n) is 9.07. The van der Waals surface area contributed by atoms with Crippen LogP contribution < -0.4 is 0 Å². The van der Waals surface area contributed by atoms with E-state index in [2.05, 4.69) is 20.9 Å². The minimum Gasteiger partial charge on any atom is -0.444 e. The van der Waals surface area contributed by atoms with Gasteiger partial charge in [0, 0.05) is 40.9 Å². The largest absolute Gasteiger partial charge is 0.444 e. The molecule has 31 heavy (non-hydrogen) atoms. The van der Waals surface area contributed by atoms with Crippen LogP contribution in [0.25, 0.3) is 0 Å². The highest BCUT2D eigenvalue weighted by molar-refractivity contribution is 9.10. The van der Waals surface area contributed by atoms with Crippen LogP contribution in [0, 0.1) is 5.41 Å². The lowest BCUT2D eigenvalue weighted by atomic mass is 9.62. The standard InChI is InChI=1S/C22H24BrF3N2O3/c1-19(2,3)31-18(29)28-12-20(4,13-28)21(30,16-9-17(23)11-27-10-16)14-5-7-15(8-6-14)22(24,25)26/h5-11,30H,12-13H2,1-4H3. The van der Waals surface area contributed by atoms with Gasteiger partial charge in [0.25, 0.3) is 0 Å². The second-order valence-corrected chi connectivity index (χ2v) is 9.99. The van der Waals surface area contributed by atoms with Gasteiger partial charge in [-0.2, -0.15) is 13.2 Å². The number of aromatic nitrogens is 1. The van der Waals surface area contributed by atoms with E-state index in [9.17, 15) is 23.1 Å². The Labute approximate surface area is 187 Å². The highest BCUT2D eigenvalue weighted by atomic mass is 79.9. The Morgan fingerprint density at radius 3 is 2.13 bits per heavy atom. The van der Waals surface area contributed by atoms with E-state index in [0.29, 0.717) is 10.0 Å². The fourth-order valence-corrected chi connectivity index (χ4v) is 4.22. The summed E-state index contributed by atoms with van der Waals surface area (Å²) in [5, 5.41) is 12.0. The van der Waals surface area contributed by atoms with Crippen molar-refractivity contribution in [1.82, 2.24) is 9.88 Å². The number of ether oxygens (including phenoxy) is 1. The van der Waals surface area contributed by atoms with Gasteiger partial charge in [-0.15, -0.1) is 0 Å². The first kappa shape index (κ1) is 23.5. The topological polar surface area (TPSA) is 62.7 Å². The predicted octanol–water partition coefficient (Wildman–Crippen LogP) is 5.36. The predicted molar refractivity (Wildman–Crippen MR) is 112 cm³/mol. The minimum atomic E-state index is -4.48. The average molecular weight is 501 g/mol. The molecular weight excluding hydrogens is 477 g/mol. The number of nitrogens with zero attached hydrogens (tertiary/aromatic N) is 2. The monoisotopic (exact) mass is 500 g/mol. The van der Waals surface area contributed by atoms with Gasteiger partial charge in [0.2, 0.25) is 0 Å². The number of hydrogen-bond donors (Lipinski definition) is 1. The Balaban J connectivity index is 2.00. The molecule has 0 saturated carbocycles. The van der Waals surface area contributed by atoms with Gasteiger partial charge in [0.05, 0.1) is 5.56 Å².